The standard InChI is InChI=1S/C14H26N2O2/c1-18-13-5-7-16(8-6-13)14(17)10-11-3-2-4-12(15)9-11/h11-13H,2-10,15H2,1H3. The van der Waals surface area contributed by atoms with E-state index < -0.39 is 0 Å². The van der Waals surface area contributed by atoms with Gasteiger partial charge in [-0.1, -0.05) is 6.42 Å². The van der Waals surface area contributed by atoms with Crippen molar-refractivity contribution < 1.29 is 9.53 Å². The molecule has 1 saturated heterocycles. The molecule has 1 saturated carbocycles. The Labute approximate surface area is 110 Å². The number of ether oxygens (including phenoxy) is 1. The topological polar surface area (TPSA) is 55.6 Å². The maximum Gasteiger partial charge on any atom is 0.222 e. The van der Waals surface area contributed by atoms with E-state index in [-0.39, 0.29) is 0 Å². The summed E-state index contributed by atoms with van der Waals surface area (Å²) in [5.41, 5.74) is 5.97. The number of amides is 1. The van der Waals surface area contributed by atoms with Gasteiger partial charge in [0.1, 0.15) is 0 Å². The van der Waals surface area contributed by atoms with Crippen molar-refractivity contribution in [3.63, 3.8) is 0 Å². The summed E-state index contributed by atoms with van der Waals surface area (Å²) in [5, 5.41) is 0. The summed E-state index contributed by atoms with van der Waals surface area (Å²) in [6.07, 6.45) is 7.52. The molecule has 104 valence electrons. The van der Waals surface area contributed by atoms with E-state index in [1.807, 2.05) is 4.90 Å². The molecule has 2 aliphatic rings. The lowest BCUT2D eigenvalue weighted by Gasteiger charge is -2.33. The highest BCUT2D eigenvalue weighted by atomic mass is 16.5. The van der Waals surface area contributed by atoms with Gasteiger partial charge >= 0.3 is 0 Å². The van der Waals surface area contributed by atoms with Crippen LogP contribution in [0.4, 0.5) is 0 Å². The molecule has 4 heteroatoms. The second-order valence-electron chi connectivity index (χ2n) is 5.81. The van der Waals surface area contributed by atoms with E-state index in [2.05, 4.69) is 0 Å². The third-order valence-electron chi connectivity index (χ3n) is 4.41. The Morgan fingerprint density at radius 1 is 1.28 bits per heavy atom. The molecule has 0 bridgehead atoms. The van der Waals surface area contributed by atoms with Gasteiger partial charge in [0.15, 0.2) is 0 Å². The Morgan fingerprint density at radius 2 is 2.00 bits per heavy atom. The normalized spacial score (nSPS) is 30.4. The number of nitrogens with zero attached hydrogens (tertiary/aromatic N) is 1. The Bertz CT molecular complexity index is 275. The van der Waals surface area contributed by atoms with E-state index in [1.165, 1.54) is 12.8 Å². The molecule has 0 aromatic heterocycles. The van der Waals surface area contributed by atoms with Crippen LogP contribution in [0.3, 0.4) is 0 Å². The van der Waals surface area contributed by atoms with Crippen LogP contribution in [0.15, 0.2) is 0 Å². The first-order chi connectivity index (χ1) is 8.69. The number of carbonyl (C=O) groups excluding carboxylic acids is 1. The van der Waals surface area contributed by atoms with Crippen LogP contribution in [-0.2, 0) is 9.53 Å². The van der Waals surface area contributed by atoms with Crippen molar-refractivity contribution >= 4 is 5.91 Å². The number of nitrogens with two attached hydrogens (primary N) is 1. The van der Waals surface area contributed by atoms with E-state index in [9.17, 15) is 4.79 Å². The molecule has 1 heterocycles. The summed E-state index contributed by atoms with van der Waals surface area (Å²) >= 11 is 0. The minimum absolute atomic E-state index is 0.316. The van der Waals surface area contributed by atoms with Crippen LogP contribution in [0, 0.1) is 5.92 Å². The van der Waals surface area contributed by atoms with Crippen molar-refractivity contribution in [3.05, 3.63) is 0 Å². The predicted octanol–water partition coefficient (Wildman–Crippen LogP) is 1.53. The summed E-state index contributed by atoms with van der Waals surface area (Å²) in [7, 11) is 1.76. The van der Waals surface area contributed by atoms with Crippen molar-refractivity contribution in [1.82, 2.24) is 4.90 Å². The zero-order valence-corrected chi connectivity index (χ0v) is 11.4. The third-order valence-corrected chi connectivity index (χ3v) is 4.41. The first-order valence-corrected chi connectivity index (χ1v) is 7.25. The Balaban J connectivity index is 1.74. The van der Waals surface area contributed by atoms with Gasteiger partial charge in [-0.2, -0.15) is 0 Å². The monoisotopic (exact) mass is 254 g/mol. The fourth-order valence-corrected chi connectivity index (χ4v) is 3.23. The van der Waals surface area contributed by atoms with Crippen LogP contribution >= 0.6 is 0 Å². The molecule has 2 fully saturated rings. The minimum atomic E-state index is 0.316. The molecule has 2 rings (SSSR count). The van der Waals surface area contributed by atoms with E-state index in [4.69, 9.17) is 10.5 Å². The van der Waals surface area contributed by atoms with Crippen LogP contribution in [0.25, 0.3) is 0 Å². The summed E-state index contributed by atoms with van der Waals surface area (Å²) in [6.45, 7) is 1.71. The van der Waals surface area contributed by atoms with Gasteiger partial charge < -0.3 is 15.4 Å². The molecule has 4 nitrogen and oxygen atoms in total. The number of likely N-dealkylation sites (tertiary alicyclic amines) is 1. The molecule has 1 aliphatic heterocycles. The molecule has 2 unspecified atom stereocenters. The van der Waals surface area contributed by atoms with Gasteiger partial charge in [-0.25, -0.2) is 0 Å². The van der Waals surface area contributed by atoms with Gasteiger partial charge in [0.05, 0.1) is 6.10 Å². The van der Waals surface area contributed by atoms with E-state index in [1.54, 1.807) is 7.11 Å². The SMILES string of the molecule is COC1CCN(C(=O)CC2CCCC(N)C2)CC1. The first kappa shape index (κ1) is 13.8. The highest BCUT2D eigenvalue weighted by Gasteiger charge is 2.26. The summed E-state index contributed by atoms with van der Waals surface area (Å²) in [5.74, 6) is 0.838. The number of methoxy groups -OCH3 is 1. The highest BCUT2D eigenvalue weighted by molar-refractivity contribution is 5.76. The van der Waals surface area contributed by atoms with Gasteiger partial charge in [0.25, 0.3) is 0 Å². The minimum Gasteiger partial charge on any atom is -0.381 e. The number of piperidine rings is 1. The van der Waals surface area contributed by atoms with Crippen molar-refractivity contribution in [2.75, 3.05) is 20.2 Å². The molecule has 0 radical (unpaired) electrons. The molecule has 0 aromatic rings. The molecular formula is C14H26N2O2. The van der Waals surface area contributed by atoms with Crippen molar-refractivity contribution in [3.8, 4) is 0 Å². The lowest BCUT2D eigenvalue weighted by molar-refractivity contribution is -0.134. The highest BCUT2D eigenvalue weighted by Crippen LogP contribution is 2.27. The third kappa shape index (κ3) is 3.69. The summed E-state index contributed by atoms with van der Waals surface area (Å²) in [4.78, 5) is 14.2. The van der Waals surface area contributed by atoms with Crippen LogP contribution in [0.1, 0.15) is 44.9 Å². The summed E-state index contributed by atoms with van der Waals surface area (Å²) in [6, 6.07) is 0.316. The smallest absolute Gasteiger partial charge is 0.222 e. The zero-order chi connectivity index (χ0) is 13.0. The largest absolute Gasteiger partial charge is 0.381 e. The zero-order valence-electron chi connectivity index (χ0n) is 11.4. The van der Waals surface area contributed by atoms with Crippen LogP contribution in [0.5, 0.6) is 0 Å². The average Bonchev–Trinajstić information content (AvgIpc) is 2.39. The average molecular weight is 254 g/mol. The maximum atomic E-state index is 12.2. The second-order valence-corrected chi connectivity index (χ2v) is 5.81. The molecular weight excluding hydrogens is 228 g/mol. The molecule has 2 atom stereocenters. The van der Waals surface area contributed by atoms with Crippen LogP contribution < -0.4 is 5.73 Å². The van der Waals surface area contributed by atoms with Crippen molar-refractivity contribution in [2.24, 2.45) is 11.7 Å². The maximum absolute atomic E-state index is 12.2. The molecule has 2 N–H and O–H groups in total. The number of hydrogen-bond acceptors (Lipinski definition) is 3. The lowest BCUT2D eigenvalue weighted by atomic mass is 9.84. The van der Waals surface area contributed by atoms with Crippen molar-refractivity contribution in [1.29, 1.82) is 0 Å². The fraction of sp³-hybridized carbons (Fsp3) is 0.929. The number of hydrogen-bond donors (Lipinski definition) is 1. The van der Waals surface area contributed by atoms with Gasteiger partial charge in [-0.3, -0.25) is 4.79 Å². The van der Waals surface area contributed by atoms with Gasteiger partial charge in [-0.15, -0.1) is 0 Å². The molecule has 18 heavy (non-hydrogen) atoms. The number of carbonyl (C=O) groups is 1. The van der Waals surface area contributed by atoms with Gasteiger partial charge in [0, 0.05) is 32.7 Å². The molecule has 0 spiro atoms. The first-order valence-electron chi connectivity index (χ1n) is 7.25. The molecule has 1 amide bonds. The number of rotatable bonds is 3. The van der Waals surface area contributed by atoms with E-state index in [0.29, 0.717) is 30.4 Å². The van der Waals surface area contributed by atoms with Gasteiger partial charge in [-0.05, 0) is 38.0 Å². The lowest BCUT2D eigenvalue weighted by Crippen LogP contribution is -2.41. The quantitative estimate of drug-likeness (QED) is 0.831. The summed E-state index contributed by atoms with van der Waals surface area (Å²) < 4.78 is 5.33. The van der Waals surface area contributed by atoms with Gasteiger partial charge in [0.2, 0.25) is 5.91 Å². The Kier molecular flexibility index (Phi) is 5.01. The van der Waals surface area contributed by atoms with Crippen LogP contribution in [0.2, 0.25) is 0 Å². The van der Waals surface area contributed by atoms with Crippen LogP contribution in [-0.4, -0.2) is 43.2 Å². The van der Waals surface area contributed by atoms with E-state index >= 15 is 0 Å². The molecule has 1 aliphatic carbocycles. The fourth-order valence-electron chi connectivity index (χ4n) is 3.23. The van der Waals surface area contributed by atoms with E-state index in [0.717, 1.165) is 38.8 Å². The Hall–Kier alpha value is -0.610. The Morgan fingerprint density at radius 3 is 2.61 bits per heavy atom. The molecule has 0 aromatic carbocycles. The second kappa shape index (κ2) is 6.53. The predicted molar refractivity (Wildman–Crippen MR) is 71.2 cm³/mol. The van der Waals surface area contributed by atoms with Crippen molar-refractivity contribution in [2.45, 2.75) is 57.1 Å².